The van der Waals surface area contributed by atoms with E-state index >= 15 is 0 Å². The summed E-state index contributed by atoms with van der Waals surface area (Å²) in [6, 6.07) is 12.3. The van der Waals surface area contributed by atoms with Gasteiger partial charge in [-0.05, 0) is 64.7 Å². The largest absolute Gasteiger partial charge is 0.357 e. The maximum atomic E-state index is 12.4. The molecule has 7 heteroatoms. The molecule has 164 valence electrons. The Morgan fingerprint density at radius 2 is 2.00 bits per heavy atom. The van der Waals surface area contributed by atoms with Gasteiger partial charge in [-0.15, -0.1) is 11.3 Å². The van der Waals surface area contributed by atoms with Crippen molar-refractivity contribution in [2.45, 2.75) is 39.8 Å². The summed E-state index contributed by atoms with van der Waals surface area (Å²) in [6.07, 6.45) is 0.964. The van der Waals surface area contributed by atoms with Crippen LogP contribution in [0.2, 0.25) is 0 Å². The number of benzene rings is 1. The Bertz CT molecular complexity index is 831. The van der Waals surface area contributed by atoms with Crippen molar-refractivity contribution in [1.82, 2.24) is 20.9 Å². The van der Waals surface area contributed by atoms with Gasteiger partial charge in [-0.1, -0.05) is 12.1 Å². The fourth-order valence-electron chi connectivity index (χ4n) is 2.98. The van der Waals surface area contributed by atoms with Crippen molar-refractivity contribution in [3.8, 4) is 0 Å². The van der Waals surface area contributed by atoms with Gasteiger partial charge in [-0.25, -0.2) is 4.99 Å². The highest BCUT2D eigenvalue weighted by atomic mass is 32.1. The van der Waals surface area contributed by atoms with Crippen molar-refractivity contribution < 1.29 is 4.79 Å². The molecule has 0 fully saturated rings. The molecule has 0 spiro atoms. The van der Waals surface area contributed by atoms with Crippen molar-refractivity contribution >= 4 is 23.2 Å². The van der Waals surface area contributed by atoms with Crippen LogP contribution in [0.1, 0.15) is 39.5 Å². The van der Waals surface area contributed by atoms with Gasteiger partial charge in [0.15, 0.2) is 5.96 Å². The Morgan fingerprint density at radius 3 is 2.67 bits per heavy atom. The smallest absolute Gasteiger partial charge is 0.251 e. The van der Waals surface area contributed by atoms with E-state index < -0.39 is 0 Å². The minimum absolute atomic E-state index is 0.0485. The van der Waals surface area contributed by atoms with E-state index in [-0.39, 0.29) is 11.9 Å². The number of hydrogen-bond acceptors (Lipinski definition) is 4. The van der Waals surface area contributed by atoms with Crippen LogP contribution >= 0.6 is 11.3 Å². The molecule has 1 aromatic carbocycles. The molecule has 1 atom stereocenters. The van der Waals surface area contributed by atoms with Crippen LogP contribution in [0.5, 0.6) is 0 Å². The molecule has 3 N–H and O–H groups in total. The molecular weight excluding hydrogens is 394 g/mol. The summed E-state index contributed by atoms with van der Waals surface area (Å²) in [6.45, 7) is 9.11. The predicted octanol–water partition coefficient (Wildman–Crippen LogP) is 3.03. The summed E-state index contributed by atoms with van der Waals surface area (Å²) in [4.78, 5) is 21.8. The first-order valence-corrected chi connectivity index (χ1v) is 11.3. The van der Waals surface area contributed by atoms with Gasteiger partial charge in [-0.2, -0.15) is 0 Å². The summed E-state index contributed by atoms with van der Waals surface area (Å²) in [5, 5.41) is 9.75. The number of guanidine groups is 1. The highest BCUT2D eigenvalue weighted by Crippen LogP contribution is 2.16. The lowest BCUT2D eigenvalue weighted by Gasteiger charge is -2.17. The second-order valence-corrected chi connectivity index (χ2v) is 9.09. The lowest BCUT2D eigenvalue weighted by atomic mass is 10.1. The molecular formula is C23H35N5OS. The van der Waals surface area contributed by atoms with E-state index in [4.69, 9.17) is 4.99 Å². The molecule has 2 aromatic rings. The highest BCUT2D eigenvalue weighted by Gasteiger charge is 2.09. The van der Waals surface area contributed by atoms with Crippen LogP contribution in [0.25, 0.3) is 0 Å². The van der Waals surface area contributed by atoms with Crippen LogP contribution in [-0.2, 0) is 13.0 Å². The van der Waals surface area contributed by atoms with Gasteiger partial charge in [-0.3, -0.25) is 4.79 Å². The van der Waals surface area contributed by atoms with E-state index in [0.717, 1.165) is 31.0 Å². The minimum atomic E-state index is -0.0485. The van der Waals surface area contributed by atoms with Gasteiger partial charge in [0.25, 0.3) is 5.91 Å². The summed E-state index contributed by atoms with van der Waals surface area (Å²) < 4.78 is 0. The van der Waals surface area contributed by atoms with Crippen LogP contribution in [0.15, 0.2) is 41.4 Å². The van der Waals surface area contributed by atoms with Gasteiger partial charge in [0.2, 0.25) is 0 Å². The molecule has 0 radical (unpaired) electrons. The molecule has 0 aliphatic heterocycles. The Kier molecular flexibility index (Phi) is 9.83. The zero-order chi connectivity index (χ0) is 21.9. The third-order valence-electron chi connectivity index (χ3n) is 4.48. The first-order chi connectivity index (χ1) is 14.4. The van der Waals surface area contributed by atoms with Crippen LogP contribution in [-0.4, -0.2) is 56.5 Å². The Hall–Kier alpha value is -2.38. The van der Waals surface area contributed by atoms with E-state index in [1.807, 2.05) is 54.6 Å². The molecule has 0 saturated heterocycles. The monoisotopic (exact) mass is 429 g/mol. The number of likely N-dealkylation sites (N-methyl/N-ethyl adjacent to an activating group) is 1. The predicted molar refractivity (Wildman–Crippen MR) is 128 cm³/mol. The van der Waals surface area contributed by atoms with E-state index in [2.05, 4.69) is 48.9 Å². The number of aliphatic imine (C=N–C) groups is 1. The Balaban J connectivity index is 1.95. The number of rotatable bonds is 10. The van der Waals surface area contributed by atoms with E-state index in [1.165, 1.54) is 9.75 Å². The summed E-state index contributed by atoms with van der Waals surface area (Å²) in [5.41, 5.74) is 1.68. The number of nitrogens with zero attached hydrogens (tertiary/aromatic N) is 2. The molecule has 6 nitrogen and oxygen atoms in total. The lowest BCUT2D eigenvalue weighted by molar-refractivity contribution is 0.0951. The summed E-state index contributed by atoms with van der Waals surface area (Å²) >= 11 is 1.84. The molecule has 0 bridgehead atoms. The number of carbonyl (C=O) groups excluding carboxylic acids is 1. The SMILES string of the molecule is CCNC(=NCc1cccc(C(=O)NCCN(C)C)c1)NC(C)Cc1ccc(C)s1. The molecule has 0 aliphatic rings. The summed E-state index contributed by atoms with van der Waals surface area (Å²) in [7, 11) is 3.98. The molecule has 30 heavy (non-hydrogen) atoms. The normalized spacial score (nSPS) is 12.7. The molecule has 0 saturated carbocycles. The second-order valence-electron chi connectivity index (χ2n) is 7.72. The molecule has 0 aliphatic carbocycles. The van der Waals surface area contributed by atoms with Crippen molar-refractivity contribution in [1.29, 1.82) is 0 Å². The number of nitrogens with one attached hydrogen (secondary N) is 3. The maximum Gasteiger partial charge on any atom is 0.251 e. The third-order valence-corrected chi connectivity index (χ3v) is 5.51. The molecule has 2 rings (SSSR count). The molecule has 1 aromatic heterocycles. The number of thiophene rings is 1. The lowest BCUT2D eigenvalue weighted by Crippen LogP contribution is -2.43. The number of hydrogen-bond donors (Lipinski definition) is 3. The van der Waals surface area contributed by atoms with Gasteiger partial charge in [0, 0.05) is 47.4 Å². The fourth-order valence-corrected chi connectivity index (χ4v) is 4.00. The zero-order valence-electron chi connectivity index (χ0n) is 18.8. The van der Waals surface area contributed by atoms with Crippen molar-refractivity contribution in [2.24, 2.45) is 4.99 Å². The van der Waals surface area contributed by atoms with Gasteiger partial charge in [0.1, 0.15) is 0 Å². The van der Waals surface area contributed by atoms with E-state index in [0.29, 0.717) is 18.7 Å². The van der Waals surface area contributed by atoms with Gasteiger partial charge in [0.05, 0.1) is 6.54 Å². The van der Waals surface area contributed by atoms with Crippen LogP contribution in [0.4, 0.5) is 0 Å². The van der Waals surface area contributed by atoms with Crippen molar-refractivity contribution in [3.63, 3.8) is 0 Å². The standard InChI is InChI=1S/C23H35N5OS/c1-6-24-23(27-17(2)14-21-11-10-18(3)30-21)26-16-19-8-7-9-20(15-19)22(29)25-12-13-28(4)5/h7-11,15,17H,6,12-14,16H2,1-5H3,(H,25,29)(H2,24,26,27). The summed E-state index contributed by atoms with van der Waals surface area (Å²) in [5.74, 6) is 0.742. The van der Waals surface area contributed by atoms with E-state index in [1.54, 1.807) is 0 Å². The number of carbonyl (C=O) groups is 1. The van der Waals surface area contributed by atoms with Crippen molar-refractivity contribution in [3.05, 3.63) is 57.3 Å². The molecule has 1 amide bonds. The van der Waals surface area contributed by atoms with Gasteiger partial charge < -0.3 is 20.9 Å². The first-order valence-electron chi connectivity index (χ1n) is 10.5. The van der Waals surface area contributed by atoms with Crippen LogP contribution < -0.4 is 16.0 Å². The first kappa shape index (κ1) is 23.9. The van der Waals surface area contributed by atoms with Crippen LogP contribution in [0.3, 0.4) is 0 Å². The maximum absolute atomic E-state index is 12.4. The Labute approximate surface area is 184 Å². The average molecular weight is 430 g/mol. The average Bonchev–Trinajstić information content (AvgIpc) is 3.10. The fraction of sp³-hybridized carbons (Fsp3) is 0.478. The van der Waals surface area contributed by atoms with Crippen LogP contribution in [0, 0.1) is 6.92 Å². The van der Waals surface area contributed by atoms with Gasteiger partial charge >= 0.3 is 0 Å². The quantitative estimate of drug-likeness (QED) is 0.401. The topological polar surface area (TPSA) is 68.8 Å². The van der Waals surface area contributed by atoms with Crippen molar-refractivity contribution in [2.75, 3.05) is 33.7 Å². The Morgan fingerprint density at radius 1 is 1.20 bits per heavy atom. The second kappa shape index (κ2) is 12.3. The van der Waals surface area contributed by atoms with E-state index in [9.17, 15) is 4.79 Å². The highest BCUT2D eigenvalue weighted by molar-refractivity contribution is 7.11. The zero-order valence-corrected chi connectivity index (χ0v) is 19.6. The third kappa shape index (κ3) is 8.55. The number of amides is 1. The molecule has 1 heterocycles. The molecule has 1 unspecified atom stereocenters. The minimum Gasteiger partial charge on any atom is -0.357 e. The number of aryl methyl sites for hydroxylation is 1.